The number of sulfonamides is 2. The smallest absolute Gasteiger partial charge is 0.325 e. The molecule has 226 valence electrons. The van der Waals surface area contributed by atoms with E-state index in [-0.39, 0.29) is 36.9 Å². The van der Waals surface area contributed by atoms with Gasteiger partial charge in [-0.3, -0.25) is 13.8 Å². The highest BCUT2D eigenvalue weighted by Gasteiger charge is 2.34. The molecule has 0 aliphatic heterocycles. The van der Waals surface area contributed by atoms with Crippen LogP contribution in [0.25, 0.3) is 0 Å². The zero-order valence-corrected chi connectivity index (χ0v) is 25.3. The summed E-state index contributed by atoms with van der Waals surface area (Å²) in [5, 5.41) is 1.85. The molecule has 0 atom stereocenters. The van der Waals surface area contributed by atoms with Crippen molar-refractivity contribution in [2.45, 2.75) is 16.0 Å². The molecule has 0 spiro atoms. The van der Waals surface area contributed by atoms with Gasteiger partial charge in [-0.1, -0.05) is 59.1 Å². The lowest BCUT2D eigenvalue weighted by atomic mass is 10.2. The SMILES string of the molecule is O=C(CN(c1cccc(Cl)c1Cl)S(=O)(=O)c1ccccc1)Nc1ccc(S(=O)(=O)Nc2ccc(Cl)c(C(F)(F)F)c2)cc1. The second-order valence-electron chi connectivity index (χ2n) is 8.77. The highest BCUT2D eigenvalue weighted by atomic mass is 35.5. The summed E-state index contributed by atoms with van der Waals surface area (Å²) < 4.78 is 94.8. The zero-order chi connectivity index (χ0) is 31.6. The van der Waals surface area contributed by atoms with Crippen LogP contribution in [0.5, 0.6) is 0 Å². The van der Waals surface area contributed by atoms with Gasteiger partial charge in [0.15, 0.2) is 0 Å². The lowest BCUT2D eigenvalue weighted by Gasteiger charge is -2.25. The fourth-order valence-corrected chi connectivity index (χ4v) is 6.95. The molecular formula is C27H19Cl3F3N3O5S2. The Morgan fingerprint density at radius 2 is 1.37 bits per heavy atom. The van der Waals surface area contributed by atoms with Gasteiger partial charge in [0, 0.05) is 11.4 Å². The molecular weight excluding hydrogens is 674 g/mol. The van der Waals surface area contributed by atoms with Gasteiger partial charge in [0.25, 0.3) is 20.0 Å². The Balaban J connectivity index is 1.54. The summed E-state index contributed by atoms with van der Waals surface area (Å²) in [5.74, 6) is -0.801. The van der Waals surface area contributed by atoms with Crippen LogP contribution in [-0.2, 0) is 31.0 Å². The number of nitrogens with one attached hydrogen (secondary N) is 2. The van der Waals surface area contributed by atoms with Crippen molar-refractivity contribution in [3.05, 3.63) is 112 Å². The van der Waals surface area contributed by atoms with Gasteiger partial charge in [0.05, 0.1) is 36.1 Å². The Labute approximate surface area is 260 Å². The molecule has 0 fully saturated rings. The molecule has 0 saturated carbocycles. The molecule has 0 saturated heterocycles. The minimum atomic E-state index is -4.80. The number of alkyl halides is 3. The number of rotatable bonds is 9. The first-order valence-electron chi connectivity index (χ1n) is 11.9. The number of hydrogen-bond donors (Lipinski definition) is 2. The van der Waals surface area contributed by atoms with Crippen LogP contribution in [0.4, 0.5) is 30.2 Å². The van der Waals surface area contributed by atoms with Crippen molar-refractivity contribution < 1.29 is 34.8 Å². The summed E-state index contributed by atoms with van der Waals surface area (Å²) in [6.45, 7) is -0.725. The van der Waals surface area contributed by atoms with E-state index in [9.17, 15) is 34.8 Å². The van der Waals surface area contributed by atoms with Crippen LogP contribution in [0.1, 0.15) is 5.56 Å². The fraction of sp³-hybridized carbons (Fsp3) is 0.0741. The summed E-state index contributed by atoms with van der Waals surface area (Å²) >= 11 is 18.0. The molecule has 1 amide bonds. The first-order valence-corrected chi connectivity index (χ1v) is 16.0. The standard InChI is InChI=1S/C27H19Cl3F3N3O5S2/c28-22-14-11-18(15-21(22)27(31,32)33)35-42(38,39)19-12-9-17(10-13-19)34-25(37)16-36(24-8-4-7-23(29)26(24)30)43(40,41)20-5-2-1-3-6-20/h1-15,35H,16H2,(H,34,37). The van der Waals surface area contributed by atoms with Gasteiger partial charge in [-0.05, 0) is 66.7 Å². The van der Waals surface area contributed by atoms with Crippen molar-refractivity contribution in [3.8, 4) is 0 Å². The van der Waals surface area contributed by atoms with E-state index in [1.54, 1.807) is 6.07 Å². The average molecular weight is 693 g/mol. The van der Waals surface area contributed by atoms with Crippen LogP contribution in [-0.4, -0.2) is 29.3 Å². The van der Waals surface area contributed by atoms with E-state index < -0.39 is 49.3 Å². The molecule has 0 unspecified atom stereocenters. The molecule has 43 heavy (non-hydrogen) atoms. The number of carbonyl (C=O) groups excluding carboxylic acids is 1. The summed E-state index contributed by atoms with van der Waals surface area (Å²) in [7, 11) is -8.62. The highest BCUT2D eigenvalue weighted by Crippen LogP contribution is 2.37. The molecule has 0 aromatic heterocycles. The fourth-order valence-electron chi connectivity index (χ4n) is 3.77. The van der Waals surface area contributed by atoms with Crippen molar-refractivity contribution in [3.63, 3.8) is 0 Å². The Morgan fingerprint density at radius 1 is 0.744 bits per heavy atom. The van der Waals surface area contributed by atoms with Gasteiger partial charge in [0.1, 0.15) is 6.54 Å². The molecule has 0 radical (unpaired) electrons. The topological polar surface area (TPSA) is 113 Å². The first kappa shape index (κ1) is 32.4. The Kier molecular flexibility index (Phi) is 9.52. The van der Waals surface area contributed by atoms with Crippen LogP contribution in [0, 0.1) is 0 Å². The minimum Gasteiger partial charge on any atom is -0.325 e. The molecule has 8 nitrogen and oxygen atoms in total. The first-order chi connectivity index (χ1) is 20.1. The Morgan fingerprint density at radius 3 is 2.00 bits per heavy atom. The summed E-state index contributed by atoms with van der Waals surface area (Å²) in [6, 6.07) is 18.8. The van der Waals surface area contributed by atoms with Crippen molar-refractivity contribution >= 4 is 77.8 Å². The predicted molar refractivity (Wildman–Crippen MR) is 160 cm³/mol. The average Bonchev–Trinajstić information content (AvgIpc) is 2.94. The minimum absolute atomic E-state index is 0.0448. The van der Waals surface area contributed by atoms with E-state index in [4.69, 9.17) is 34.8 Å². The number of carbonyl (C=O) groups is 1. The number of nitrogens with zero attached hydrogens (tertiary/aromatic N) is 1. The molecule has 0 aliphatic carbocycles. The van der Waals surface area contributed by atoms with E-state index in [1.807, 2.05) is 0 Å². The maximum absolute atomic E-state index is 13.5. The van der Waals surface area contributed by atoms with Crippen molar-refractivity contribution in [2.24, 2.45) is 0 Å². The van der Waals surface area contributed by atoms with E-state index in [2.05, 4.69) is 10.0 Å². The Hall–Kier alpha value is -3.49. The molecule has 4 aromatic carbocycles. The quantitative estimate of drug-likeness (QED) is 0.191. The molecule has 4 rings (SSSR count). The van der Waals surface area contributed by atoms with E-state index >= 15 is 0 Å². The largest absolute Gasteiger partial charge is 0.417 e. The Bertz CT molecular complexity index is 1880. The summed E-state index contributed by atoms with van der Waals surface area (Å²) in [6.07, 6.45) is -4.80. The molecule has 16 heteroatoms. The predicted octanol–water partition coefficient (Wildman–Crippen LogP) is 7.30. The van der Waals surface area contributed by atoms with E-state index in [0.717, 1.165) is 28.6 Å². The number of amides is 1. The number of hydrogen-bond acceptors (Lipinski definition) is 5. The van der Waals surface area contributed by atoms with Crippen molar-refractivity contribution in [2.75, 3.05) is 20.9 Å². The number of benzene rings is 4. The second-order valence-corrected chi connectivity index (χ2v) is 13.5. The lowest BCUT2D eigenvalue weighted by molar-refractivity contribution is -0.137. The highest BCUT2D eigenvalue weighted by molar-refractivity contribution is 7.93. The van der Waals surface area contributed by atoms with E-state index in [0.29, 0.717) is 6.07 Å². The van der Waals surface area contributed by atoms with Crippen LogP contribution >= 0.6 is 34.8 Å². The van der Waals surface area contributed by atoms with Crippen molar-refractivity contribution in [1.29, 1.82) is 0 Å². The van der Waals surface area contributed by atoms with E-state index in [1.165, 1.54) is 54.6 Å². The normalized spacial score (nSPS) is 12.0. The van der Waals surface area contributed by atoms with Crippen LogP contribution in [0.15, 0.2) is 101 Å². The van der Waals surface area contributed by atoms with Gasteiger partial charge in [-0.2, -0.15) is 13.2 Å². The van der Waals surface area contributed by atoms with Gasteiger partial charge < -0.3 is 5.32 Å². The van der Waals surface area contributed by atoms with Crippen LogP contribution < -0.4 is 14.3 Å². The van der Waals surface area contributed by atoms with Gasteiger partial charge in [-0.15, -0.1) is 0 Å². The van der Waals surface area contributed by atoms with Gasteiger partial charge in [0.2, 0.25) is 5.91 Å². The summed E-state index contributed by atoms with van der Waals surface area (Å²) in [4.78, 5) is 12.6. The number of halogens is 6. The molecule has 4 aromatic rings. The molecule has 2 N–H and O–H groups in total. The maximum atomic E-state index is 13.5. The lowest BCUT2D eigenvalue weighted by Crippen LogP contribution is -2.38. The third kappa shape index (κ3) is 7.54. The van der Waals surface area contributed by atoms with Gasteiger partial charge >= 0.3 is 6.18 Å². The van der Waals surface area contributed by atoms with Gasteiger partial charge in [-0.25, -0.2) is 16.8 Å². The number of anilines is 3. The monoisotopic (exact) mass is 691 g/mol. The van der Waals surface area contributed by atoms with Crippen molar-refractivity contribution in [1.82, 2.24) is 0 Å². The summed E-state index contributed by atoms with van der Waals surface area (Å²) in [5.41, 5.74) is -1.52. The van der Waals surface area contributed by atoms with Crippen LogP contribution in [0.2, 0.25) is 15.1 Å². The second kappa shape index (κ2) is 12.6. The zero-order valence-electron chi connectivity index (χ0n) is 21.4. The maximum Gasteiger partial charge on any atom is 0.417 e. The third-order valence-corrected chi connectivity index (χ3v) is 10.1. The molecule has 0 aliphatic rings. The molecule has 0 heterocycles. The van der Waals surface area contributed by atoms with Crippen LogP contribution in [0.3, 0.4) is 0 Å². The third-order valence-electron chi connectivity index (χ3n) is 5.79. The molecule has 0 bridgehead atoms.